The van der Waals surface area contributed by atoms with Crippen molar-refractivity contribution in [1.29, 1.82) is 0 Å². The van der Waals surface area contributed by atoms with Crippen molar-refractivity contribution < 1.29 is 9.21 Å². The van der Waals surface area contributed by atoms with E-state index in [0.717, 1.165) is 24.6 Å². The van der Waals surface area contributed by atoms with Crippen LogP contribution in [-0.2, 0) is 0 Å². The molecule has 0 spiro atoms. The molecule has 2 aromatic rings. The van der Waals surface area contributed by atoms with Gasteiger partial charge in [0.25, 0.3) is 5.91 Å². The van der Waals surface area contributed by atoms with Crippen LogP contribution in [-0.4, -0.2) is 18.0 Å². The first-order chi connectivity index (χ1) is 9.11. The van der Waals surface area contributed by atoms with Gasteiger partial charge in [0.05, 0.1) is 0 Å². The van der Waals surface area contributed by atoms with Gasteiger partial charge in [-0.25, -0.2) is 0 Å². The molecule has 2 unspecified atom stereocenters. The zero-order valence-electron chi connectivity index (χ0n) is 10.4. The smallest absolute Gasteiger partial charge is 0.287 e. The third-order valence-corrected chi connectivity index (χ3v) is 3.75. The first kappa shape index (κ1) is 12.5. The first-order valence-electron chi connectivity index (χ1n) is 6.37. The second-order valence-electron chi connectivity index (χ2n) is 5.04. The largest absolute Gasteiger partial charge is 0.451 e. The van der Waals surface area contributed by atoms with Crippen molar-refractivity contribution in [3.63, 3.8) is 0 Å². The first-order valence-corrected chi connectivity index (χ1v) is 6.75. The predicted octanol–water partition coefficient (Wildman–Crippen LogP) is 2.70. The van der Waals surface area contributed by atoms with Gasteiger partial charge in [0, 0.05) is 22.5 Å². The average Bonchev–Trinajstić information content (AvgIpc) is 2.95. The summed E-state index contributed by atoms with van der Waals surface area (Å²) >= 11 is 5.90. The number of benzene rings is 1. The minimum absolute atomic E-state index is 0.152. The molecule has 5 heteroatoms. The van der Waals surface area contributed by atoms with E-state index in [9.17, 15) is 4.79 Å². The standard InChI is InChI=1S/C14H15ClN2O2/c15-9-1-4-12-8(5-9)6-13(19-12)14(18)17-11-3-2-10(16)7-11/h1,4-6,10-11H,2-3,7,16H2,(H,17,18). The van der Waals surface area contributed by atoms with Crippen molar-refractivity contribution >= 4 is 28.5 Å². The number of nitrogens with one attached hydrogen (secondary N) is 1. The number of hydrogen-bond donors (Lipinski definition) is 2. The third-order valence-electron chi connectivity index (χ3n) is 3.51. The Morgan fingerprint density at radius 3 is 2.95 bits per heavy atom. The summed E-state index contributed by atoms with van der Waals surface area (Å²) in [5, 5.41) is 4.42. The Kier molecular flexibility index (Phi) is 3.21. The second-order valence-corrected chi connectivity index (χ2v) is 5.47. The Labute approximate surface area is 115 Å². The highest BCUT2D eigenvalue weighted by atomic mass is 35.5. The van der Waals surface area contributed by atoms with Gasteiger partial charge >= 0.3 is 0 Å². The van der Waals surface area contributed by atoms with Crippen LogP contribution in [0.1, 0.15) is 29.8 Å². The Hall–Kier alpha value is -1.52. The Morgan fingerprint density at radius 1 is 1.37 bits per heavy atom. The lowest BCUT2D eigenvalue weighted by Gasteiger charge is -2.10. The molecule has 0 radical (unpaired) electrons. The lowest BCUT2D eigenvalue weighted by Crippen LogP contribution is -2.33. The van der Waals surface area contributed by atoms with Crippen LogP contribution in [0.3, 0.4) is 0 Å². The molecule has 4 nitrogen and oxygen atoms in total. The lowest BCUT2D eigenvalue weighted by atomic mass is 10.2. The minimum atomic E-state index is -0.188. The SMILES string of the molecule is NC1CCC(NC(=O)c2cc3cc(Cl)ccc3o2)C1. The monoisotopic (exact) mass is 278 g/mol. The molecule has 1 heterocycles. The molecule has 19 heavy (non-hydrogen) atoms. The van der Waals surface area contributed by atoms with Gasteiger partial charge in [-0.05, 0) is 43.5 Å². The number of fused-ring (bicyclic) bond motifs is 1. The van der Waals surface area contributed by atoms with Gasteiger partial charge in [-0.2, -0.15) is 0 Å². The molecule has 2 atom stereocenters. The minimum Gasteiger partial charge on any atom is -0.451 e. The highest BCUT2D eigenvalue weighted by molar-refractivity contribution is 6.31. The molecule has 1 aromatic carbocycles. The molecule has 0 bridgehead atoms. The molecule has 1 amide bonds. The van der Waals surface area contributed by atoms with Gasteiger partial charge in [-0.3, -0.25) is 4.79 Å². The van der Waals surface area contributed by atoms with Crippen LogP contribution < -0.4 is 11.1 Å². The van der Waals surface area contributed by atoms with E-state index in [1.54, 1.807) is 24.3 Å². The maximum atomic E-state index is 12.1. The van der Waals surface area contributed by atoms with E-state index < -0.39 is 0 Å². The van der Waals surface area contributed by atoms with E-state index in [2.05, 4.69) is 5.32 Å². The fourth-order valence-electron chi connectivity index (χ4n) is 2.53. The molecular formula is C14H15ClN2O2. The Balaban J connectivity index is 1.78. The zero-order valence-corrected chi connectivity index (χ0v) is 11.1. The molecule has 1 aliphatic rings. The van der Waals surface area contributed by atoms with Crippen LogP contribution >= 0.6 is 11.6 Å². The van der Waals surface area contributed by atoms with Crippen molar-refractivity contribution in [2.24, 2.45) is 5.73 Å². The normalized spacial score (nSPS) is 22.8. The van der Waals surface area contributed by atoms with Crippen LogP contribution in [0, 0.1) is 0 Å². The molecule has 1 aliphatic carbocycles. The Morgan fingerprint density at radius 2 is 2.21 bits per heavy atom. The highest BCUT2D eigenvalue weighted by Crippen LogP contribution is 2.24. The van der Waals surface area contributed by atoms with Crippen molar-refractivity contribution in [2.75, 3.05) is 0 Å². The van der Waals surface area contributed by atoms with Gasteiger partial charge in [-0.1, -0.05) is 11.6 Å². The number of halogens is 1. The number of furan rings is 1. The van der Waals surface area contributed by atoms with E-state index >= 15 is 0 Å². The van der Waals surface area contributed by atoms with Crippen molar-refractivity contribution in [1.82, 2.24) is 5.32 Å². The summed E-state index contributed by atoms with van der Waals surface area (Å²) in [6.45, 7) is 0. The molecular weight excluding hydrogens is 264 g/mol. The van der Waals surface area contributed by atoms with Crippen LogP contribution in [0.2, 0.25) is 5.02 Å². The summed E-state index contributed by atoms with van der Waals surface area (Å²) in [6, 6.07) is 7.35. The molecule has 1 saturated carbocycles. The number of amides is 1. The molecule has 1 aromatic heterocycles. The van der Waals surface area contributed by atoms with Gasteiger partial charge in [0.2, 0.25) is 0 Å². The second kappa shape index (κ2) is 4.87. The summed E-state index contributed by atoms with van der Waals surface area (Å²) in [4.78, 5) is 12.1. The zero-order chi connectivity index (χ0) is 13.4. The van der Waals surface area contributed by atoms with Crippen LogP contribution in [0.4, 0.5) is 0 Å². The van der Waals surface area contributed by atoms with Gasteiger partial charge in [0.1, 0.15) is 5.58 Å². The van der Waals surface area contributed by atoms with Crippen LogP contribution in [0.5, 0.6) is 0 Å². The van der Waals surface area contributed by atoms with E-state index in [4.69, 9.17) is 21.8 Å². The van der Waals surface area contributed by atoms with Gasteiger partial charge in [0.15, 0.2) is 5.76 Å². The fraction of sp³-hybridized carbons (Fsp3) is 0.357. The van der Waals surface area contributed by atoms with Crippen LogP contribution in [0.15, 0.2) is 28.7 Å². The number of carbonyl (C=O) groups is 1. The molecule has 1 fully saturated rings. The van der Waals surface area contributed by atoms with Crippen molar-refractivity contribution in [3.05, 3.63) is 35.0 Å². The lowest BCUT2D eigenvalue weighted by molar-refractivity contribution is 0.0912. The van der Waals surface area contributed by atoms with Crippen LogP contribution in [0.25, 0.3) is 11.0 Å². The van der Waals surface area contributed by atoms with Crippen molar-refractivity contribution in [3.8, 4) is 0 Å². The van der Waals surface area contributed by atoms with Crippen molar-refractivity contribution in [2.45, 2.75) is 31.3 Å². The number of rotatable bonds is 2. The summed E-state index contributed by atoms with van der Waals surface area (Å²) < 4.78 is 5.52. The summed E-state index contributed by atoms with van der Waals surface area (Å²) in [7, 11) is 0. The number of nitrogens with two attached hydrogens (primary N) is 1. The Bertz CT molecular complexity index is 623. The maximum Gasteiger partial charge on any atom is 0.287 e. The van der Waals surface area contributed by atoms with E-state index in [0.29, 0.717) is 16.4 Å². The number of carbonyl (C=O) groups excluding carboxylic acids is 1. The molecule has 3 rings (SSSR count). The topological polar surface area (TPSA) is 68.3 Å². The summed E-state index contributed by atoms with van der Waals surface area (Å²) in [6.07, 6.45) is 2.72. The van der Waals surface area contributed by atoms with Gasteiger partial charge < -0.3 is 15.5 Å². The van der Waals surface area contributed by atoms with Gasteiger partial charge in [-0.15, -0.1) is 0 Å². The molecule has 100 valence electrons. The summed E-state index contributed by atoms with van der Waals surface area (Å²) in [5.41, 5.74) is 6.49. The van der Waals surface area contributed by atoms with E-state index in [1.165, 1.54) is 0 Å². The van der Waals surface area contributed by atoms with E-state index in [1.807, 2.05) is 0 Å². The van der Waals surface area contributed by atoms with E-state index in [-0.39, 0.29) is 18.0 Å². The predicted molar refractivity (Wildman–Crippen MR) is 74.3 cm³/mol. The quantitative estimate of drug-likeness (QED) is 0.887. The fourth-order valence-corrected chi connectivity index (χ4v) is 2.71. The highest BCUT2D eigenvalue weighted by Gasteiger charge is 2.24. The molecule has 3 N–H and O–H groups in total. The molecule has 0 saturated heterocycles. The number of hydrogen-bond acceptors (Lipinski definition) is 3. The summed E-state index contributed by atoms with van der Waals surface area (Å²) in [5.74, 6) is 0.129. The maximum absolute atomic E-state index is 12.1. The molecule has 0 aliphatic heterocycles. The average molecular weight is 279 g/mol. The third kappa shape index (κ3) is 2.60.